The van der Waals surface area contributed by atoms with Crippen molar-refractivity contribution >= 4 is 17.7 Å². The molecule has 1 saturated heterocycles. The molecule has 0 N–H and O–H groups in total. The first kappa shape index (κ1) is 19.0. The van der Waals surface area contributed by atoms with Crippen LogP contribution in [0, 0.1) is 6.92 Å². The second-order valence-electron chi connectivity index (χ2n) is 6.89. The van der Waals surface area contributed by atoms with E-state index in [9.17, 15) is 0 Å². The molecule has 1 aliphatic rings. The summed E-state index contributed by atoms with van der Waals surface area (Å²) in [4.78, 5) is 2.27. The zero-order valence-electron chi connectivity index (χ0n) is 16.4. The van der Waals surface area contributed by atoms with Crippen molar-refractivity contribution in [1.82, 2.24) is 14.8 Å². The lowest BCUT2D eigenvalue weighted by atomic mass is 10.0. The molecule has 1 unspecified atom stereocenters. The first-order valence-corrected chi connectivity index (χ1v) is 10.7. The van der Waals surface area contributed by atoms with Gasteiger partial charge in [-0.3, -0.25) is 4.57 Å². The van der Waals surface area contributed by atoms with Crippen LogP contribution in [0.4, 0.5) is 5.95 Å². The summed E-state index contributed by atoms with van der Waals surface area (Å²) in [6, 6.07) is 19.3. The number of anilines is 1. The van der Waals surface area contributed by atoms with Crippen LogP contribution in [0.3, 0.4) is 0 Å². The monoisotopic (exact) mass is 394 g/mol. The van der Waals surface area contributed by atoms with Gasteiger partial charge in [-0.2, -0.15) is 0 Å². The molecule has 4 rings (SSSR count). The van der Waals surface area contributed by atoms with E-state index >= 15 is 0 Å². The van der Waals surface area contributed by atoms with Gasteiger partial charge in [0.15, 0.2) is 5.16 Å². The highest BCUT2D eigenvalue weighted by Crippen LogP contribution is 2.41. The van der Waals surface area contributed by atoms with Crippen molar-refractivity contribution in [2.45, 2.75) is 30.8 Å². The largest absolute Gasteiger partial charge is 0.378 e. The minimum Gasteiger partial charge on any atom is -0.378 e. The summed E-state index contributed by atoms with van der Waals surface area (Å²) in [5.74, 6) is 0.949. The summed E-state index contributed by atoms with van der Waals surface area (Å²) in [5, 5.41) is 10.2. The molecule has 2 heterocycles. The quantitative estimate of drug-likeness (QED) is 0.583. The summed E-state index contributed by atoms with van der Waals surface area (Å²) in [5.41, 5.74) is 3.89. The Labute approximate surface area is 170 Å². The van der Waals surface area contributed by atoms with E-state index in [4.69, 9.17) is 4.74 Å². The van der Waals surface area contributed by atoms with Gasteiger partial charge in [0.1, 0.15) is 0 Å². The zero-order valence-corrected chi connectivity index (χ0v) is 17.2. The van der Waals surface area contributed by atoms with Crippen LogP contribution >= 0.6 is 11.8 Å². The highest BCUT2D eigenvalue weighted by molar-refractivity contribution is 7.99. The van der Waals surface area contributed by atoms with E-state index in [2.05, 4.69) is 88.1 Å². The van der Waals surface area contributed by atoms with Crippen LogP contribution in [0.5, 0.6) is 0 Å². The average molecular weight is 395 g/mol. The highest BCUT2D eigenvalue weighted by Gasteiger charge is 2.24. The SMILES string of the molecule is CCn1c(SC(c2ccccc2)c2ccccc2C)nnc1N1CCOCC1. The second-order valence-corrected chi connectivity index (χ2v) is 7.96. The number of rotatable bonds is 6. The minimum absolute atomic E-state index is 0.175. The number of aryl methyl sites for hydroxylation is 1. The van der Waals surface area contributed by atoms with Gasteiger partial charge in [-0.25, -0.2) is 0 Å². The van der Waals surface area contributed by atoms with Crippen molar-refractivity contribution < 1.29 is 4.74 Å². The fourth-order valence-corrected chi connectivity index (χ4v) is 4.89. The Bertz CT molecular complexity index is 906. The maximum Gasteiger partial charge on any atom is 0.228 e. The number of benzene rings is 2. The standard InChI is InChI=1S/C22H26N4OS/c1-3-26-21(25-13-15-27-16-14-25)23-24-22(26)28-20(18-10-5-4-6-11-18)19-12-8-7-9-17(19)2/h4-12,20H,3,13-16H2,1-2H3. The molecule has 0 spiro atoms. The Morgan fingerprint density at radius 2 is 1.71 bits per heavy atom. The maximum atomic E-state index is 5.49. The molecule has 6 heteroatoms. The van der Waals surface area contributed by atoms with Crippen molar-refractivity contribution in [3.05, 3.63) is 71.3 Å². The number of aromatic nitrogens is 3. The number of morpholine rings is 1. The molecule has 0 saturated carbocycles. The third-order valence-electron chi connectivity index (χ3n) is 5.10. The van der Waals surface area contributed by atoms with Gasteiger partial charge in [0.2, 0.25) is 5.95 Å². The third kappa shape index (κ3) is 3.93. The summed E-state index contributed by atoms with van der Waals surface area (Å²) in [7, 11) is 0. The number of nitrogens with zero attached hydrogens (tertiary/aromatic N) is 4. The first-order valence-electron chi connectivity index (χ1n) is 9.81. The maximum absolute atomic E-state index is 5.49. The van der Waals surface area contributed by atoms with E-state index in [1.165, 1.54) is 16.7 Å². The fourth-order valence-electron chi connectivity index (χ4n) is 3.57. The second kappa shape index (κ2) is 8.80. The molecule has 0 aliphatic carbocycles. The Kier molecular flexibility index (Phi) is 5.98. The van der Waals surface area contributed by atoms with Gasteiger partial charge in [-0.1, -0.05) is 66.4 Å². The van der Waals surface area contributed by atoms with E-state index in [0.29, 0.717) is 0 Å². The molecule has 28 heavy (non-hydrogen) atoms. The van der Waals surface area contributed by atoms with Gasteiger partial charge >= 0.3 is 0 Å². The normalized spacial score (nSPS) is 15.6. The van der Waals surface area contributed by atoms with E-state index in [-0.39, 0.29) is 5.25 Å². The van der Waals surface area contributed by atoms with Crippen molar-refractivity contribution in [3.63, 3.8) is 0 Å². The van der Waals surface area contributed by atoms with Gasteiger partial charge in [-0.15, -0.1) is 10.2 Å². The molecule has 5 nitrogen and oxygen atoms in total. The molecular weight excluding hydrogens is 368 g/mol. The topological polar surface area (TPSA) is 43.2 Å². The Morgan fingerprint density at radius 3 is 2.43 bits per heavy atom. The lowest BCUT2D eigenvalue weighted by molar-refractivity contribution is 0.121. The molecule has 2 aromatic carbocycles. The number of thioether (sulfide) groups is 1. The predicted molar refractivity (Wildman–Crippen MR) is 114 cm³/mol. The van der Waals surface area contributed by atoms with Gasteiger partial charge in [0.25, 0.3) is 0 Å². The van der Waals surface area contributed by atoms with Gasteiger partial charge in [-0.05, 0) is 30.5 Å². The average Bonchev–Trinajstić information content (AvgIpc) is 3.16. The molecule has 3 aromatic rings. The van der Waals surface area contributed by atoms with E-state index in [1.807, 2.05) is 0 Å². The summed E-state index contributed by atoms with van der Waals surface area (Å²) in [6.45, 7) is 8.39. The number of hydrogen-bond donors (Lipinski definition) is 0. The van der Waals surface area contributed by atoms with Gasteiger partial charge < -0.3 is 9.64 Å². The van der Waals surface area contributed by atoms with Crippen LogP contribution in [0.25, 0.3) is 0 Å². The lowest BCUT2D eigenvalue weighted by Gasteiger charge is -2.28. The number of ether oxygens (including phenoxy) is 1. The Morgan fingerprint density at radius 1 is 1.00 bits per heavy atom. The lowest BCUT2D eigenvalue weighted by Crippen LogP contribution is -2.38. The van der Waals surface area contributed by atoms with Crippen LogP contribution in [0.1, 0.15) is 28.9 Å². The van der Waals surface area contributed by atoms with Crippen LogP contribution in [-0.2, 0) is 11.3 Å². The van der Waals surface area contributed by atoms with E-state index < -0.39 is 0 Å². The van der Waals surface area contributed by atoms with Gasteiger partial charge in [0, 0.05) is 19.6 Å². The smallest absolute Gasteiger partial charge is 0.228 e. The molecule has 1 aliphatic heterocycles. The highest BCUT2D eigenvalue weighted by atomic mass is 32.2. The zero-order chi connectivity index (χ0) is 19.3. The molecule has 146 valence electrons. The van der Waals surface area contributed by atoms with E-state index in [1.54, 1.807) is 11.8 Å². The van der Waals surface area contributed by atoms with Crippen molar-refractivity contribution in [2.24, 2.45) is 0 Å². The van der Waals surface area contributed by atoms with Gasteiger partial charge in [0.05, 0.1) is 18.5 Å². The fraction of sp³-hybridized carbons (Fsp3) is 0.364. The molecule has 1 fully saturated rings. The summed E-state index contributed by atoms with van der Waals surface area (Å²) < 4.78 is 7.72. The Hall–Kier alpha value is -2.31. The van der Waals surface area contributed by atoms with Crippen molar-refractivity contribution in [1.29, 1.82) is 0 Å². The Balaban J connectivity index is 1.69. The van der Waals surface area contributed by atoms with Crippen molar-refractivity contribution in [2.75, 3.05) is 31.2 Å². The molecular formula is C22H26N4OS. The van der Waals surface area contributed by atoms with Crippen LogP contribution in [0.2, 0.25) is 0 Å². The predicted octanol–water partition coefficient (Wildman–Crippen LogP) is 4.32. The molecule has 1 atom stereocenters. The van der Waals surface area contributed by atoms with Crippen molar-refractivity contribution in [3.8, 4) is 0 Å². The molecule has 1 aromatic heterocycles. The summed E-state index contributed by atoms with van der Waals surface area (Å²) in [6.07, 6.45) is 0. The van der Waals surface area contributed by atoms with Crippen LogP contribution in [0.15, 0.2) is 59.8 Å². The molecule has 0 amide bonds. The molecule has 0 bridgehead atoms. The third-order valence-corrected chi connectivity index (χ3v) is 6.38. The first-order chi connectivity index (χ1) is 13.8. The van der Waals surface area contributed by atoms with Crippen LogP contribution in [-0.4, -0.2) is 41.1 Å². The number of hydrogen-bond acceptors (Lipinski definition) is 5. The summed E-state index contributed by atoms with van der Waals surface area (Å²) >= 11 is 1.78. The van der Waals surface area contributed by atoms with E-state index in [0.717, 1.165) is 44.0 Å². The van der Waals surface area contributed by atoms with Crippen LogP contribution < -0.4 is 4.90 Å². The molecule has 0 radical (unpaired) electrons. The minimum atomic E-state index is 0.175.